The molecule has 18 heteroatoms. The topological polar surface area (TPSA) is 163 Å². The summed E-state index contributed by atoms with van der Waals surface area (Å²) < 4.78 is 101. The summed E-state index contributed by atoms with van der Waals surface area (Å²) in [5, 5.41) is 0.532. The summed E-state index contributed by atoms with van der Waals surface area (Å²) in [6.45, 7) is 4.31. The van der Waals surface area contributed by atoms with Crippen LogP contribution in [0.25, 0.3) is 0 Å². The van der Waals surface area contributed by atoms with E-state index in [1.54, 1.807) is 54.2 Å². The number of benzene rings is 5. The number of rotatable bonds is 17. The van der Waals surface area contributed by atoms with E-state index in [1.165, 1.54) is 70.7 Å². The van der Waals surface area contributed by atoms with Crippen LogP contribution in [0.15, 0.2) is 207 Å². The Balaban J connectivity index is 0.000000174. The fraction of sp³-hybridized carbons (Fsp3) is 0.176. The Labute approximate surface area is 427 Å². The SMILES string of the molecule is CCc1ccc(S(=O)(=O)c2ccc(Cl)cc2)s1.CCc1ccc(S(=O)(=O)c2ccc(SCCc3ccccc3)cc2)s1.NCc1ccc(S(=O)(=O)c2ccc(S(=O)(=O)CCc3ccccc3)cc2)s1. The monoisotopic (exact) mass is 1100 g/mol. The fourth-order valence-electron chi connectivity index (χ4n) is 6.45. The summed E-state index contributed by atoms with van der Waals surface area (Å²) >= 11 is 11.3. The lowest BCUT2D eigenvalue weighted by Crippen LogP contribution is -2.09. The third-order valence-electron chi connectivity index (χ3n) is 10.4. The van der Waals surface area contributed by atoms with Crippen molar-refractivity contribution in [2.24, 2.45) is 5.73 Å². The van der Waals surface area contributed by atoms with E-state index in [0.717, 1.165) is 61.4 Å². The summed E-state index contributed by atoms with van der Waals surface area (Å²) in [5.74, 6) is 0.939. The third-order valence-corrected chi connectivity index (χ3v) is 23.7. The number of hydrogen-bond acceptors (Lipinski definition) is 13. The molecule has 0 fully saturated rings. The largest absolute Gasteiger partial charge is 0.326 e. The highest BCUT2D eigenvalue weighted by Crippen LogP contribution is 2.32. The minimum atomic E-state index is -3.68. The number of halogens is 1. The summed E-state index contributed by atoms with van der Waals surface area (Å²) in [6, 6.07) is 48.9. The summed E-state index contributed by atoms with van der Waals surface area (Å²) in [4.78, 5) is 4.85. The van der Waals surface area contributed by atoms with Crippen molar-refractivity contribution in [1.82, 2.24) is 0 Å². The smallest absolute Gasteiger partial charge is 0.215 e. The van der Waals surface area contributed by atoms with Crippen molar-refractivity contribution in [3.05, 3.63) is 201 Å². The molecule has 0 spiro atoms. The molecule has 3 aromatic heterocycles. The first-order valence-electron chi connectivity index (χ1n) is 21.6. The van der Waals surface area contributed by atoms with Crippen LogP contribution >= 0.6 is 57.4 Å². The van der Waals surface area contributed by atoms with Gasteiger partial charge >= 0.3 is 0 Å². The van der Waals surface area contributed by atoms with Gasteiger partial charge in [0.2, 0.25) is 29.5 Å². The molecule has 8 rings (SSSR count). The second kappa shape index (κ2) is 24.6. The quantitative estimate of drug-likeness (QED) is 0.0869. The second-order valence-electron chi connectivity index (χ2n) is 15.1. The first-order chi connectivity index (χ1) is 33.0. The summed E-state index contributed by atoms with van der Waals surface area (Å²) in [7, 11) is -14.0. The predicted octanol–water partition coefficient (Wildman–Crippen LogP) is 12.3. The Morgan fingerprint density at radius 2 is 0.826 bits per heavy atom. The van der Waals surface area contributed by atoms with E-state index in [1.807, 2.05) is 86.6 Å². The van der Waals surface area contributed by atoms with E-state index in [2.05, 4.69) is 12.1 Å². The van der Waals surface area contributed by atoms with E-state index in [4.69, 9.17) is 17.3 Å². The predicted molar refractivity (Wildman–Crippen MR) is 283 cm³/mol. The van der Waals surface area contributed by atoms with Gasteiger partial charge in [-0.05, 0) is 146 Å². The standard InChI is InChI=1S/C20H20O2S3.C19H19NO4S3.C12H11ClO2S2/c1-2-17-10-13-20(24-17)25(21,22)19-11-8-18(9-12-19)23-15-14-16-6-4-3-5-7-16;20-14-16-6-11-19(25-16)27(23,24)18-9-7-17(8-10-18)26(21,22)13-12-15-4-2-1-3-5-15;1-2-10-5-8-12(16-10)17(14,15)11-6-3-9(13)4-7-11/h3-13H,2,14-15H2,1H3;1-11H,12-14,20H2;3-8H,2H2,1H3. The highest BCUT2D eigenvalue weighted by Gasteiger charge is 2.23. The van der Waals surface area contributed by atoms with Gasteiger partial charge in [-0.25, -0.2) is 33.7 Å². The molecule has 8 aromatic rings. The lowest BCUT2D eigenvalue weighted by atomic mass is 10.2. The van der Waals surface area contributed by atoms with Gasteiger partial charge in [0.05, 0.1) is 25.3 Å². The van der Waals surface area contributed by atoms with E-state index >= 15 is 0 Å². The molecule has 0 aliphatic rings. The van der Waals surface area contributed by atoms with Gasteiger partial charge in [0.15, 0.2) is 9.84 Å². The molecule has 362 valence electrons. The third kappa shape index (κ3) is 14.6. The Hall–Kier alpha value is -4.40. The maximum atomic E-state index is 12.7. The molecule has 0 saturated carbocycles. The normalized spacial score (nSPS) is 11.8. The molecule has 0 aliphatic heterocycles. The van der Waals surface area contributed by atoms with Gasteiger partial charge in [-0.2, -0.15) is 0 Å². The summed E-state index contributed by atoms with van der Waals surface area (Å²) in [5.41, 5.74) is 7.79. The second-order valence-corrected chi connectivity index (χ2v) is 28.9. The van der Waals surface area contributed by atoms with Crippen molar-refractivity contribution in [2.75, 3.05) is 11.5 Å². The van der Waals surface area contributed by atoms with Crippen molar-refractivity contribution in [3.8, 4) is 0 Å². The first-order valence-corrected chi connectivity index (χ1v) is 31.5. The van der Waals surface area contributed by atoms with Gasteiger partial charge < -0.3 is 5.73 Å². The minimum Gasteiger partial charge on any atom is -0.326 e. The molecular weight excluding hydrogens is 1050 g/mol. The zero-order valence-corrected chi connectivity index (χ0v) is 44.9. The van der Waals surface area contributed by atoms with Gasteiger partial charge in [-0.15, -0.1) is 45.8 Å². The van der Waals surface area contributed by atoms with Crippen LogP contribution in [0.5, 0.6) is 0 Å². The number of thiophene rings is 3. The number of aryl methyl sites for hydroxylation is 4. The molecule has 2 N–H and O–H groups in total. The molecule has 0 atom stereocenters. The average molecular weight is 1100 g/mol. The molecule has 3 heterocycles. The molecule has 0 radical (unpaired) electrons. The van der Waals surface area contributed by atoms with Crippen molar-refractivity contribution in [3.63, 3.8) is 0 Å². The highest BCUT2D eigenvalue weighted by atomic mass is 35.5. The van der Waals surface area contributed by atoms with E-state index in [0.29, 0.717) is 24.8 Å². The maximum absolute atomic E-state index is 12.7. The average Bonchev–Trinajstić information content (AvgIpc) is 4.18. The molecule has 0 unspecified atom stereocenters. The van der Waals surface area contributed by atoms with Crippen molar-refractivity contribution < 1.29 is 33.7 Å². The Morgan fingerprint density at radius 3 is 1.23 bits per heavy atom. The van der Waals surface area contributed by atoms with Crippen LogP contribution in [-0.4, -0.2) is 45.2 Å². The molecule has 9 nitrogen and oxygen atoms in total. The van der Waals surface area contributed by atoms with Crippen molar-refractivity contribution in [1.29, 1.82) is 0 Å². The Bertz CT molecular complexity index is 3350. The molecule has 0 bridgehead atoms. The number of hydrogen-bond donors (Lipinski definition) is 1. The van der Waals surface area contributed by atoms with E-state index < -0.39 is 39.3 Å². The van der Waals surface area contributed by atoms with Crippen molar-refractivity contribution >= 4 is 96.7 Å². The van der Waals surface area contributed by atoms with Gasteiger partial charge in [-0.3, -0.25) is 0 Å². The van der Waals surface area contributed by atoms with Gasteiger partial charge in [-0.1, -0.05) is 86.1 Å². The Morgan fingerprint density at radius 1 is 0.449 bits per heavy atom. The van der Waals surface area contributed by atoms with Crippen LogP contribution in [-0.2, 0) is 71.6 Å². The molecule has 0 amide bonds. The zero-order valence-electron chi connectivity index (χ0n) is 37.6. The minimum absolute atomic E-state index is 0.0338. The van der Waals surface area contributed by atoms with Crippen LogP contribution in [0.3, 0.4) is 0 Å². The van der Waals surface area contributed by atoms with Gasteiger partial charge in [0, 0.05) is 36.8 Å². The van der Waals surface area contributed by atoms with Crippen LogP contribution in [0.4, 0.5) is 0 Å². The first kappa shape index (κ1) is 53.9. The molecule has 69 heavy (non-hydrogen) atoms. The number of thioether (sulfide) groups is 1. The summed E-state index contributed by atoms with van der Waals surface area (Å²) in [6.07, 6.45) is 3.11. The fourth-order valence-corrected chi connectivity index (χ4v) is 16.8. The lowest BCUT2D eigenvalue weighted by Gasteiger charge is -2.07. The van der Waals surface area contributed by atoms with E-state index in [9.17, 15) is 33.7 Å². The van der Waals surface area contributed by atoms with Gasteiger partial charge in [0.1, 0.15) is 12.6 Å². The van der Waals surface area contributed by atoms with Crippen LogP contribution in [0, 0.1) is 0 Å². The molecule has 5 aromatic carbocycles. The van der Waals surface area contributed by atoms with Crippen LogP contribution in [0.2, 0.25) is 5.02 Å². The Kier molecular flexibility index (Phi) is 19.3. The highest BCUT2D eigenvalue weighted by molar-refractivity contribution is 7.99. The van der Waals surface area contributed by atoms with Crippen LogP contribution < -0.4 is 5.73 Å². The molecule has 0 saturated heterocycles. The maximum Gasteiger partial charge on any atom is 0.215 e. The zero-order chi connectivity index (χ0) is 49.7. The van der Waals surface area contributed by atoms with Gasteiger partial charge in [0.25, 0.3) is 0 Å². The number of sulfone groups is 4. The molecular formula is C51H50ClNO8S8. The van der Waals surface area contributed by atoms with Crippen molar-refractivity contribution in [2.45, 2.75) is 83.2 Å². The lowest BCUT2D eigenvalue weighted by molar-refractivity contribution is 0.592. The van der Waals surface area contributed by atoms with E-state index in [-0.39, 0.29) is 31.2 Å². The molecule has 0 aliphatic carbocycles. The number of nitrogens with two attached hydrogens (primary N) is 1. The van der Waals surface area contributed by atoms with Crippen LogP contribution in [0.1, 0.15) is 39.6 Å².